The van der Waals surface area contributed by atoms with Crippen LogP contribution >= 0.6 is 11.3 Å². The number of ether oxygens (including phenoxy) is 2. The topological polar surface area (TPSA) is 99.0 Å². The molecule has 0 fully saturated rings. The number of nitrogens with zero attached hydrogens (tertiary/aromatic N) is 2. The van der Waals surface area contributed by atoms with Crippen molar-refractivity contribution in [3.8, 4) is 0 Å². The fourth-order valence-corrected chi connectivity index (χ4v) is 4.49. The minimum Gasteiger partial charge on any atom is -0.462 e. The maximum Gasteiger partial charge on any atom is 0.348 e. The van der Waals surface area contributed by atoms with Crippen LogP contribution in [0.3, 0.4) is 0 Å². The average Bonchev–Trinajstić information content (AvgIpc) is 3.21. The molecule has 0 aliphatic carbocycles. The molecular formula is C23H27N3O5S. The van der Waals surface area contributed by atoms with Gasteiger partial charge in [0.1, 0.15) is 15.5 Å². The fourth-order valence-electron chi connectivity index (χ4n) is 3.40. The number of aryl methyl sites for hydroxylation is 2. The first-order valence-electron chi connectivity index (χ1n) is 10.5. The van der Waals surface area contributed by atoms with Gasteiger partial charge in [0.05, 0.1) is 24.0 Å². The van der Waals surface area contributed by atoms with E-state index < -0.39 is 11.9 Å². The number of carbonyl (C=O) groups is 3. The second kappa shape index (κ2) is 9.95. The van der Waals surface area contributed by atoms with Gasteiger partial charge >= 0.3 is 11.9 Å². The zero-order chi connectivity index (χ0) is 23.4. The second-order valence-electron chi connectivity index (χ2n) is 7.56. The largest absolute Gasteiger partial charge is 0.462 e. The molecule has 3 aromatic rings. The molecule has 0 unspecified atom stereocenters. The van der Waals surface area contributed by atoms with Crippen molar-refractivity contribution in [2.45, 2.75) is 53.6 Å². The molecule has 3 aromatic heterocycles. The summed E-state index contributed by atoms with van der Waals surface area (Å²) in [5, 5.41) is 3.08. The maximum atomic E-state index is 12.8. The molecule has 9 heteroatoms. The Hall–Kier alpha value is -3.20. The van der Waals surface area contributed by atoms with E-state index in [0.717, 1.165) is 28.4 Å². The van der Waals surface area contributed by atoms with Crippen LogP contribution in [0.5, 0.6) is 0 Å². The number of hydrogen-bond acceptors (Lipinski definition) is 7. The molecule has 0 aliphatic rings. The quantitative estimate of drug-likeness (QED) is 0.506. The maximum absolute atomic E-state index is 12.8. The molecule has 8 nitrogen and oxygen atoms in total. The number of pyridine rings is 1. The molecule has 1 N–H and O–H groups in total. The molecule has 0 aromatic carbocycles. The Balaban J connectivity index is 1.81. The van der Waals surface area contributed by atoms with Gasteiger partial charge in [-0.05, 0) is 58.7 Å². The Morgan fingerprint density at radius 1 is 1.19 bits per heavy atom. The summed E-state index contributed by atoms with van der Waals surface area (Å²) in [5.41, 5.74) is 3.26. The van der Waals surface area contributed by atoms with Crippen LogP contribution in [0.25, 0.3) is 5.65 Å². The van der Waals surface area contributed by atoms with Gasteiger partial charge in [0.15, 0.2) is 0 Å². The summed E-state index contributed by atoms with van der Waals surface area (Å²) in [5.74, 6) is -1.39. The molecule has 0 aliphatic heterocycles. The number of anilines is 1. The van der Waals surface area contributed by atoms with Crippen molar-refractivity contribution in [2.75, 3.05) is 11.9 Å². The van der Waals surface area contributed by atoms with Crippen LogP contribution in [0, 0.1) is 13.8 Å². The average molecular weight is 458 g/mol. The summed E-state index contributed by atoms with van der Waals surface area (Å²) < 4.78 is 12.4. The van der Waals surface area contributed by atoms with Crippen molar-refractivity contribution in [1.82, 2.24) is 9.38 Å². The first-order chi connectivity index (χ1) is 15.2. The summed E-state index contributed by atoms with van der Waals surface area (Å²) in [6.45, 7) is 8.94. The lowest BCUT2D eigenvalue weighted by molar-refractivity contribution is -0.116. The van der Waals surface area contributed by atoms with Crippen molar-refractivity contribution in [1.29, 1.82) is 0 Å². The number of rotatable bonds is 8. The first kappa shape index (κ1) is 23.5. The predicted octanol–water partition coefficient (Wildman–Crippen LogP) is 4.33. The van der Waals surface area contributed by atoms with E-state index in [1.165, 1.54) is 0 Å². The van der Waals surface area contributed by atoms with E-state index in [0.29, 0.717) is 12.0 Å². The molecule has 0 saturated heterocycles. The zero-order valence-corrected chi connectivity index (χ0v) is 19.7. The summed E-state index contributed by atoms with van der Waals surface area (Å²) in [4.78, 5) is 42.5. The van der Waals surface area contributed by atoms with Crippen molar-refractivity contribution in [3.05, 3.63) is 51.8 Å². The predicted molar refractivity (Wildman–Crippen MR) is 122 cm³/mol. The molecular weight excluding hydrogens is 430 g/mol. The number of nitrogens with one attached hydrogen (secondary N) is 1. The number of aromatic nitrogens is 2. The lowest BCUT2D eigenvalue weighted by Gasteiger charge is -2.08. The van der Waals surface area contributed by atoms with E-state index in [1.807, 2.05) is 35.7 Å². The molecule has 170 valence electrons. The Kier molecular flexibility index (Phi) is 7.29. The zero-order valence-electron chi connectivity index (χ0n) is 18.9. The molecule has 0 saturated carbocycles. The SMILES string of the molecule is CCOC(=O)c1c(NC(=O)CCc2c(C)nc3ccccn23)sc(C(=O)OC(C)C)c1C. The van der Waals surface area contributed by atoms with E-state index in [2.05, 4.69) is 10.3 Å². The van der Waals surface area contributed by atoms with Gasteiger partial charge in [0.25, 0.3) is 0 Å². The number of imidazole rings is 1. The first-order valence-corrected chi connectivity index (χ1v) is 11.3. The van der Waals surface area contributed by atoms with E-state index in [4.69, 9.17) is 9.47 Å². The third-order valence-corrected chi connectivity index (χ3v) is 6.01. The van der Waals surface area contributed by atoms with Gasteiger partial charge in [-0.3, -0.25) is 4.79 Å². The molecule has 0 bridgehead atoms. The smallest absolute Gasteiger partial charge is 0.348 e. The van der Waals surface area contributed by atoms with Gasteiger partial charge in [-0.15, -0.1) is 11.3 Å². The van der Waals surface area contributed by atoms with Crippen LogP contribution < -0.4 is 5.32 Å². The molecule has 0 spiro atoms. The second-order valence-corrected chi connectivity index (χ2v) is 8.58. The van der Waals surface area contributed by atoms with E-state index in [1.54, 1.807) is 27.7 Å². The molecule has 32 heavy (non-hydrogen) atoms. The van der Waals surface area contributed by atoms with E-state index in [9.17, 15) is 14.4 Å². The van der Waals surface area contributed by atoms with Crippen LogP contribution in [0.15, 0.2) is 24.4 Å². The Bertz CT molecular complexity index is 1160. The van der Waals surface area contributed by atoms with Crippen molar-refractivity contribution in [3.63, 3.8) is 0 Å². The minimum atomic E-state index is -0.585. The van der Waals surface area contributed by atoms with Crippen LogP contribution in [-0.2, 0) is 20.7 Å². The lowest BCUT2D eigenvalue weighted by Crippen LogP contribution is -2.15. The molecule has 0 atom stereocenters. The molecule has 1 amide bonds. The highest BCUT2D eigenvalue weighted by Crippen LogP contribution is 2.34. The van der Waals surface area contributed by atoms with Crippen molar-refractivity contribution in [2.24, 2.45) is 0 Å². The highest BCUT2D eigenvalue weighted by molar-refractivity contribution is 7.18. The Morgan fingerprint density at radius 2 is 1.94 bits per heavy atom. The van der Waals surface area contributed by atoms with Crippen LogP contribution in [0.1, 0.15) is 64.2 Å². The van der Waals surface area contributed by atoms with Crippen LogP contribution in [-0.4, -0.2) is 39.9 Å². The highest BCUT2D eigenvalue weighted by Gasteiger charge is 2.27. The number of fused-ring (bicyclic) bond motifs is 1. The lowest BCUT2D eigenvalue weighted by atomic mass is 10.1. The summed E-state index contributed by atoms with van der Waals surface area (Å²) in [6.07, 6.45) is 2.27. The van der Waals surface area contributed by atoms with Crippen molar-refractivity contribution >= 4 is 39.8 Å². The molecule has 3 rings (SSSR count). The summed E-state index contributed by atoms with van der Waals surface area (Å²) in [7, 11) is 0. The number of carbonyl (C=O) groups excluding carboxylic acids is 3. The highest BCUT2D eigenvalue weighted by atomic mass is 32.1. The standard InChI is InChI=1S/C23H27N3O5S/c1-6-30-22(28)19-14(4)20(23(29)31-13(2)3)32-21(19)25-18(27)11-10-16-15(5)24-17-9-7-8-12-26(16)17/h7-9,12-13H,6,10-11H2,1-5H3,(H,25,27). The van der Waals surface area contributed by atoms with Crippen LogP contribution in [0.4, 0.5) is 5.00 Å². The Morgan fingerprint density at radius 3 is 2.62 bits per heavy atom. The third-order valence-electron chi connectivity index (χ3n) is 4.83. The number of hydrogen-bond donors (Lipinski definition) is 1. The minimum absolute atomic E-state index is 0.181. The fraction of sp³-hybridized carbons (Fsp3) is 0.391. The van der Waals surface area contributed by atoms with E-state index >= 15 is 0 Å². The monoisotopic (exact) mass is 457 g/mol. The van der Waals surface area contributed by atoms with Gasteiger partial charge in [-0.2, -0.15) is 0 Å². The van der Waals surface area contributed by atoms with Gasteiger partial charge in [-0.25, -0.2) is 14.6 Å². The number of esters is 2. The van der Waals surface area contributed by atoms with E-state index in [-0.39, 0.29) is 40.5 Å². The Labute approximate surface area is 190 Å². The third kappa shape index (κ3) is 4.99. The summed E-state index contributed by atoms with van der Waals surface area (Å²) >= 11 is 1.02. The number of thiophene rings is 1. The van der Waals surface area contributed by atoms with Crippen LogP contribution in [0.2, 0.25) is 0 Å². The van der Waals surface area contributed by atoms with Crippen molar-refractivity contribution < 1.29 is 23.9 Å². The summed E-state index contributed by atoms with van der Waals surface area (Å²) in [6, 6.07) is 5.74. The number of amides is 1. The van der Waals surface area contributed by atoms with Gasteiger partial charge in [0.2, 0.25) is 5.91 Å². The van der Waals surface area contributed by atoms with Gasteiger partial charge in [-0.1, -0.05) is 6.07 Å². The normalized spacial score (nSPS) is 11.1. The molecule has 0 radical (unpaired) electrons. The van der Waals surface area contributed by atoms with Gasteiger partial charge < -0.3 is 19.2 Å². The molecule has 3 heterocycles. The van der Waals surface area contributed by atoms with Gasteiger partial charge in [0, 0.05) is 18.3 Å².